The summed E-state index contributed by atoms with van der Waals surface area (Å²) in [4.78, 5) is 9.38. The Morgan fingerprint density at radius 2 is 1.72 bits per heavy atom. The third kappa shape index (κ3) is 4.66. The number of anilines is 1. The van der Waals surface area contributed by atoms with Crippen LogP contribution in [0.5, 0.6) is 0 Å². The number of aromatic amines is 1. The molecule has 0 bridgehead atoms. The molecule has 5 nitrogen and oxygen atoms in total. The standard InChI is InChI=1S/C23H27N5S/c1-18-7-6-10-21(19(18)2)27-15-13-26(14-16-27)17-28-23(29)24-22(25-28)12-11-20-8-4-3-5-9-20/h3-12H,13-17H2,1-2H3,(H,24,25,29). The van der Waals surface area contributed by atoms with Gasteiger partial charge in [0.25, 0.3) is 0 Å². The predicted octanol–water partition coefficient (Wildman–Crippen LogP) is 4.51. The SMILES string of the molecule is Cc1cccc(N2CCN(Cn3[nH]c(C=Cc4ccccc4)nc3=S)CC2)c1C. The first-order valence-corrected chi connectivity index (χ1v) is 10.4. The minimum absolute atomic E-state index is 0.592. The quantitative estimate of drug-likeness (QED) is 0.634. The van der Waals surface area contributed by atoms with E-state index in [1.54, 1.807) is 0 Å². The molecule has 1 aliphatic heterocycles. The smallest absolute Gasteiger partial charge is 0.217 e. The molecule has 2 aromatic carbocycles. The number of nitrogens with zero attached hydrogens (tertiary/aromatic N) is 4. The van der Waals surface area contributed by atoms with Gasteiger partial charge in [-0.05, 0) is 54.9 Å². The van der Waals surface area contributed by atoms with E-state index < -0.39 is 0 Å². The van der Waals surface area contributed by atoms with Crippen molar-refractivity contribution in [1.29, 1.82) is 0 Å². The van der Waals surface area contributed by atoms with Crippen molar-refractivity contribution in [2.24, 2.45) is 0 Å². The van der Waals surface area contributed by atoms with Crippen LogP contribution in [0.4, 0.5) is 5.69 Å². The molecule has 0 unspecified atom stereocenters. The minimum Gasteiger partial charge on any atom is -0.369 e. The summed E-state index contributed by atoms with van der Waals surface area (Å²) >= 11 is 5.45. The van der Waals surface area contributed by atoms with Gasteiger partial charge in [0.05, 0.1) is 6.67 Å². The first kappa shape index (κ1) is 19.6. The molecule has 0 saturated carbocycles. The Bertz CT molecular complexity index is 1040. The van der Waals surface area contributed by atoms with Crippen molar-refractivity contribution in [3.8, 4) is 0 Å². The fraction of sp³-hybridized carbons (Fsp3) is 0.304. The summed E-state index contributed by atoms with van der Waals surface area (Å²) in [6.07, 6.45) is 4.01. The van der Waals surface area contributed by atoms with Crippen molar-refractivity contribution in [2.45, 2.75) is 20.5 Å². The number of benzene rings is 2. The van der Waals surface area contributed by atoms with Crippen molar-refractivity contribution in [1.82, 2.24) is 19.7 Å². The van der Waals surface area contributed by atoms with Crippen LogP contribution < -0.4 is 4.90 Å². The van der Waals surface area contributed by atoms with Gasteiger partial charge >= 0.3 is 0 Å². The van der Waals surface area contributed by atoms with E-state index in [4.69, 9.17) is 12.2 Å². The molecule has 1 aromatic heterocycles. The van der Waals surface area contributed by atoms with Crippen LogP contribution in [-0.4, -0.2) is 45.8 Å². The van der Waals surface area contributed by atoms with Gasteiger partial charge in [-0.25, -0.2) is 4.68 Å². The summed E-state index contributed by atoms with van der Waals surface area (Å²) in [6.45, 7) is 9.18. The van der Waals surface area contributed by atoms with Crippen molar-refractivity contribution in [3.63, 3.8) is 0 Å². The monoisotopic (exact) mass is 405 g/mol. The van der Waals surface area contributed by atoms with Gasteiger partial charge < -0.3 is 4.90 Å². The second kappa shape index (κ2) is 8.76. The van der Waals surface area contributed by atoms with Crippen LogP contribution in [0.25, 0.3) is 12.2 Å². The second-order valence-electron chi connectivity index (χ2n) is 7.53. The normalized spacial score (nSPS) is 15.3. The van der Waals surface area contributed by atoms with Gasteiger partial charge in [-0.1, -0.05) is 48.5 Å². The molecule has 6 heteroatoms. The van der Waals surface area contributed by atoms with Crippen LogP contribution in [-0.2, 0) is 6.67 Å². The number of piperazine rings is 1. The molecule has 150 valence electrons. The Hall–Kier alpha value is -2.70. The molecule has 0 amide bonds. The maximum Gasteiger partial charge on any atom is 0.217 e. The Morgan fingerprint density at radius 1 is 0.966 bits per heavy atom. The number of aromatic nitrogens is 3. The average molecular weight is 406 g/mol. The largest absolute Gasteiger partial charge is 0.369 e. The summed E-state index contributed by atoms with van der Waals surface area (Å²) < 4.78 is 2.54. The van der Waals surface area contributed by atoms with E-state index in [0.29, 0.717) is 4.77 Å². The van der Waals surface area contributed by atoms with Crippen LogP contribution in [0.1, 0.15) is 22.5 Å². The summed E-state index contributed by atoms with van der Waals surface area (Å²) in [5, 5.41) is 3.32. The Labute approximate surface area is 177 Å². The molecule has 1 fully saturated rings. The van der Waals surface area contributed by atoms with E-state index in [0.717, 1.165) is 44.2 Å². The topological polar surface area (TPSA) is 40.1 Å². The van der Waals surface area contributed by atoms with Crippen LogP contribution in [0.2, 0.25) is 0 Å². The van der Waals surface area contributed by atoms with Crippen molar-refractivity contribution in [3.05, 3.63) is 75.8 Å². The molecule has 2 heterocycles. The van der Waals surface area contributed by atoms with Gasteiger partial charge in [-0.3, -0.25) is 10.00 Å². The molecular formula is C23H27N5S. The number of nitrogens with one attached hydrogen (secondary N) is 1. The lowest BCUT2D eigenvalue weighted by atomic mass is 10.1. The molecule has 1 aliphatic rings. The minimum atomic E-state index is 0.592. The highest BCUT2D eigenvalue weighted by atomic mass is 32.1. The highest BCUT2D eigenvalue weighted by Gasteiger charge is 2.19. The Kier molecular flexibility index (Phi) is 5.92. The average Bonchev–Trinajstić information content (AvgIpc) is 3.09. The van der Waals surface area contributed by atoms with Crippen molar-refractivity contribution < 1.29 is 0 Å². The van der Waals surface area contributed by atoms with Crippen LogP contribution in [0.3, 0.4) is 0 Å². The van der Waals surface area contributed by atoms with E-state index in [2.05, 4.69) is 64.1 Å². The second-order valence-corrected chi connectivity index (χ2v) is 7.89. The molecule has 1 saturated heterocycles. The Balaban J connectivity index is 1.37. The van der Waals surface area contributed by atoms with Gasteiger partial charge in [-0.2, -0.15) is 4.98 Å². The lowest BCUT2D eigenvalue weighted by Gasteiger charge is -2.36. The van der Waals surface area contributed by atoms with Crippen LogP contribution in [0, 0.1) is 18.6 Å². The predicted molar refractivity (Wildman–Crippen MR) is 122 cm³/mol. The maximum absolute atomic E-state index is 5.45. The van der Waals surface area contributed by atoms with E-state index in [1.807, 2.05) is 35.0 Å². The maximum atomic E-state index is 5.45. The van der Waals surface area contributed by atoms with Crippen molar-refractivity contribution >= 4 is 30.1 Å². The first-order valence-electron chi connectivity index (χ1n) is 10.0. The number of H-pyrrole nitrogens is 1. The number of aryl methyl sites for hydroxylation is 1. The van der Waals surface area contributed by atoms with E-state index >= 15 is 0 Å². The van der Waals surface area contributed by atoms with Crippen molar-refractivity contribution in [2.75, 3.05) is 31.1 Å². The van der Waals surface area contributed by atoms with E-state index in [9.17, 15) is 0 Å². The Morgan fingerprint density at radius 3 is 2.48 bits per heavy atom. The highest BCUT2D eigenvalue weighted by Crippen LogP contribution is 2.24. The molecular weight excluding hydrogens is 378 g/mol. The van der Waals surface area contributed by atoms with Gasteiger partial charge in [0.2, 0.25) is 4.77 Å². The zero-order chi connectivity index (χ0) is 20.2. The molecule has 3 aromatic rings. The van der Waals surface area contributed by atoms with Crippen LogP contribution >= 0.6 is 12.2 Å². The number of rotatable bonds is 5. The highest BCUT2D eigenvalue weighted by molar-refractivity contribution is 7.71. The fourth-order valence-electron chi connectivity index (χ4n) is 3.69. The summed E-state index contributed by atoms with van der Waals surface area (Å²) in [5.74, 6) is 0.785. The lowest BCUT2D eigenvalue weighted by Crippen LogP contribution is -2.47. The molecule has 1 N–H and O–H groups in total. The third-order valence-corrected chi connectivity index (χ3v) is 5.87. The summed E-state index contributed by atoms with van der Waals surface area (Å²) in [6, 6.07) is 16.8. The third-order valence-electron chi connectivity index (χ3n) is 5.56. The van der Waals surface area contributed by atoms with E-state index in [-0.39, 0.29) is 0 Å². The molecule has 4 rings (SSSR count). The van der Waals surface area contributed by atoms with Gasteiger partial charge in [0.15, 0.2) is 0 Å². The molecule has 0 radical (unpaired) electrons. The zero-order valence-corrected chi connectivity index (χ0v) is 17.8. The number of hydrogen-bond donors (Lipinski definition) is 1. The van der Waals surface area contributed by atoms with Crippen LogP contribution in [0.15, 0.2) is 48.5 Å². The molecule has 29 heavy (non-hydrogen) atoms. The molecule has 0 aliphatic carbocycles. The molecule has 0 spiro atoms. The van der Waals surface area contributed by atoms with Gasteiger partial charge in [0, 0.05) is 31.9 Å². The number of hydrogen-bond acceptors (Lipinski definition) is 4. The summed E-state index contributed by atoms with van der Waals surface area (Å²) in [7, 11) is 0. The van der Waals surface area contributed by atoms with Gasteiger partial charge in [-0.15, -0.1) is 0 Å². The first-order chi connectivity index (χ1) is 14.1. The van der Waals surface area contributed by atoms with Gasteiger partial charge in [0.1, 0.15) is 5.82 Å². The van der Waals surface area contributed by atoms with E-state index in [1.165, 1.54) is 16.8 Å². The zero-order valence-electron chi connectivity index (χ0n) is 17.0. The summed E-state index contributed by atoms with van der Waals surface area (Å²) in [5.41, 5.74) is 5.23. The lowest BCUT2D eigenvalue weighted by molar-refractivity contribution is 0.194. The molecule has 0 atom stereocenters. The fourth-order valence-corrected chi connectivity index (χ4v) is 3.89.